The highest BCUT2D eigenvalue weighted by atomic mass is 16.7. The van der Waals surface area contributed by atoms with Crippen LogP contribution >= 0.6 is 0 Å². The van der Waals surface area contributed by atoms with Crippen LogP contribution in [0, 0.1) is 11.8 Å². The minimum Gasteiger partial charge on any atom is -0.502 e. The van der Waals surface area contributed by atoms with Crippen LogP contribution in [0.2, 0.25) is 0 Å². The van der Waals surface area contributed by atoms with Crippen molar-refractivity contribution in [3.8, 4) is 28.7 Å². The van der Waals surface area contributed by atoms with E-state index < -0.39 is 5.92 Å². The number of para-hydroxylation sites is 1. The SMILES string of the molecule is COc1cc([C@H]2c3cc4c(cc3[C@@H](Nc3ccccc3)C3COC(=O)[C@@H]32)OCO4)cc(OC)c1O. The van der Waals surface area contributed by atoms with Crippen LogP contribution in [0.1, 0.15) is 28.7 Å². The lowest BCUT2D eigenvalue weighted by Crippen LogP contribution is -2.37. The van der Waals surface area contributed by atoms with Gasteiger partial charge < -0.3 is 34.1 Å². The molecule has 0 amide bonds. The molecule has 0 bridgehead atoms. The highest BCUT2D eigenvalue weighted by molar-refractivity contribution is 5.79. The molecular formula is C27H25NO7. The Morgan fingerprint density at radius 1 is 0.914 bits per heavy atom. The van der Waals surface area contributed by atoms with Crippen molar-refractivity contribution in [2.45, 2.75) is 12.0 Å². The number of carbonyl (C=O) groups excluding carboxylic acids is 1. The van der Waals surface area contributed by atoms with E-state index in [0.717, 1.165) is 22.4 Å². The summed E-state index contributed by atoms with van der Waals surface area (Å²) >= 11 is 0. The van der Waals surface area contributed by atoms with Crippen molar-refractivity contribution in [2.24, 2.45) is 11.8 Å². The fourth-order valence-electron chi connectivity index (χ4n) is 5.55. The van der Waals surface area contributed by atoms with Gasteiger partial charge in [-0.1, -0.05) is 18.2 Å². The number of nitrogens with one attached hydrogen (secondary N) is 1. The fourth-order valence-corrected chi connectivity index (χ4v) is 5.55. The summed E-state index contributed by atoms with van der Waals surface area (Å²) in [6, 6.07) is 17.2. The first-order valence-electron chi connectivity index (χ1n) is 11.5. The second kappa shape index (κ2) is 8.30. The molecule has 1 aliphatic carbocycles. The Morgan fingerprint density at radius 3 is 2.23 bits per heavy atom. The van der Waals surface area contributed by atoms with E-state index in [1.807, 2.05) is 42.5 Å². The first kappa shape index (κ1) is 21.5. The maximum atomic E-state index is 13.2. The fraction of sp³-hybridized carbons (Fsp3) is 0.296. The zero-order chi connectivity index (χ0) is 24.1. The summed E-state index contributed by atoms with van der Waals surface area (Å²) in [6.45, 7) is 0.445. The van der Waals surface area contributed by atoms with Gasteiger partial charge >= 0.3 is 5.97 Å². The van der Waals surface area contributed by atoms with Gasteiger partial charge in [0.2, 0.25) is 12.5 Å². The van der Waals surface area contributed by atoms with E-state index in [-0.39, 0.29) is 47.9 Å². The Balaban J connectivity index is 1.56. The maximum Gasteiger partial charge on any atom is 0.310 e. The summed E-state index contributed by atoms with van der Waals surface area (Å²) in [6.07, 6.45) is 0. The molecule has 0 aromatic heterocycles. The van der Waals surface area contributed by atoms with Gasteiger partial charge in [0.25, 0.3) is 0 Å². The summed E-state index contributed by atoms with van der Waals surface area (Å²) in [5, 5.41) is 14.1. The molecule has 3 aromatic rings. The predicted molar refractivity (Wildman–Crippen MR) is 126 cm³/mol. The molecular weight excluding hydrogens is 450 g/mol. The van der Waals surface area contributed by atoms with Gasteiger partial charge in [-0.05, 0) is 53.1 Å². The molecule has 2 aliphatic heterocycles. The number of phenolic OH excluding ortho intramolecular Hbond substituents is 1. The third-order valence-corrected chi connectivity index (χ3v) is 7.14. The predicted octanol–water partition coefficient (Wildman–Crippen LogP) is 4.23. The lowest BCUT2D eigenvalue weighted by Gasteiger charge is -2.40. The standard InChI is InChI=1S/C27H25NO7/c1-31-21-8-14(9-22(32-2)26(21)29)23-16-10-19-20(35-13-34-19)11-17(16)25(18-12-33-27(30)24(18)23)28-15-6-4-3-5-7-15/h3-11,18,23-25,28-29H,12-13H2,1-2H3/t18?,23-,24-,25+/m0/s1. The van der Waals surface area contributed by atoms with Crippen molar-refractivity contribution in [2.75, 3.05) is 32.9 Å². The molecule has 8 heteroatoms. The van der Waals surface area contributed by atoms with E-state index in [1.54, 1.807) is 12.1 Å². The number of phenols is 1. The van der Waals surface area contributed by atoms with E-state index in [2.05, 4.69) is 5.32 Å². The van der Waals surface area contributed by atoms with Gasteiger partial charge in [0.1, 0.15) is 0 Å². The van der Waals surface area contributed by atoms with E-state index in [4.69, 9.17) is 23.7 Å². The molecule has 1 fully saturated rings. The molecule has 1 unspecified atom stereocenters. The van der Waals surface area contributed by atoms with Crippen LogP contribution in [-0.2, 0) is 9.53 Å². The third-order valence-electron chi connectivity index (χ3n) is 7.14. The molecule has 2 N–H and O–H groups in total. The zero-order valence-electron chi connectivity index (χ0n) is 19.3. The van der Waals surface area contributed by atoms with Gasteiger partial charge in [-0.15, -0.1) is 0 Å². The van der Waals surface area contributed by atoms with Gasteiger partial charge in [0, 0.05) is 17.5 Å². The smallest absolute Gasteiger partial charge is 0.310 e. The van der Waals surface area contributed by atoms with Crippen molar-refractivity contribution in [3.63, 3.8) is 0 Å². The van der Waals surface area contributed by atoms with Crippen LogP contribution in [0.3, 0.4) is 0 Å². The normalized spacial score (nSPS) is 23.8. The van der Waals surface area contributed by atoms with Crippen LogP contribution in [0.5, 0.6) is 28.7 Å². The number of benzene rings is 3. The lowest BCUT2D eigenvalue weighted by molar-refractivity contribution is -0.141. The number of hydrogen-bond donors (Lipinski definition) is 2. The highest BCUT2D eigenvalue weighted by Gasteiger charge is 2.52. The molecule has 180 valence electrons. The van der Waals surface area contributed by atoms with Crippen molar-refractivity contribution in [1.82, 2.24) is 0 Å². The molecule has 3 aliphatic rings. The van der Waals surface area contributed by atoms with Crippen LogP contribution in [0.4, 0.5) is 5.69 Å². The molecule has 6 rings (SSSR count). The Morgan fingerprint density at radius 2 is 1.57 bits per heavy atom. The summed E-state index contributed by atoms with van der Waals surface area (Å²) < 4.78 is 27.9. The molecule has 2 heterocycles. The molecule has 0 spiro atoms. The summed E-state index contributed by atoms with van der Waals surface area (Å²) in [5.41, 5.74) is 3.67. The monoisotopic (exact) mass is 475 g/mol. The van der Waals surface area contributed by atoms with Gasteiger partial charge in [-0.3, -0.25) is 4.79 Å². The number of aromatic hydroxyl groups is 1. The maximum absolute atomic E-state index is 13.2. The average molecular weight is 475 g/mol. The zero-order valence-corrected chi connectivity index (χ0v) is 19.3. The topological polar surface area (TPSA) is 95.5 Å². The third kappa shape index (κ3) is 3.39. The van der Waals surface area contributed by atoms with Crippen molar-refractivity contribution in [1.29, 1.82) is 0 Å². The second-order valence-electron chi connectivity index (χ2n) is 8.89. The van der Waals surface area contributed by atoms with Crippen molar-refractivity contribution in [3.05, 3.63) is 71.3 Å². The molecule has 0 radical (unpaired) electrons. The summed E-state index contributed by atoms with van der Waals surface area (Å²) in [4.78, 5) is 13.2. The number of fused-ring (bicyclic) bond motifs is 3. The number of carbonyl (C=O) groups is 1. The Labute approximate surface area is 202 Å². The minimum atomic E-state index is -0.456. The van der Waals surface area contributed by atoms with Gasteiger partial charge in [0.05, 0.1) is 32.8 Å². The number of cyclic esters (lactones) is 1. The molecule has 1 saturated heterocycles. The molecule has 35 heavy (non-hydrogen) atoms. The first-order chi connectivity index (χ1) is 17.1. The van der Waals surface area contributed by atoms with Crippen LogP contribution < -0.4 is 24.3 Å². The van der Waals surface area contributed by atoms with Crippen LogP contribution in [-0.4, -0.2) is 38.7 Å². The average Bonchev–Trinajstić information content (AvgIpc) is 3.50. The summed E-state index contributed by atoms with van der Waals surface area (Å²) in [5.74, 6) is 0.555. The highest BCUT2D eigenvalue weighted by Crippen LogP contribution is 2.56. The van der Waals surface area contributed by atoms with Gasteiger partial charge in [0.15, 0.2) is 23.0 Å². The van der Waals surface area contributed by atoms with Gasteiger partial charge in [-0.25, -0.2) is 0 Å². The number of esters is 1. The van der Waals surface area contributed by atoms with Crippen molar-refractivity contribution >= 4 is 11.7 Å². The molecule has 4 atom stereocenters. The first-order valence-corrected chi connectivity index (χ1v) is 11.5. The van der Waals surface area contributed by atoms with Crippen LogP contribution in [0.25, 0.3) is 0 Å². The number of hydrogen-bond acceptors (Lipinski definition) is 8. The Hall–Kier alpha value is -4.07. The minimum absolute atomic E-state index is 0.0883. The largest absolute Gasteiger partial charge is 0.502 e. The van der Waals surface area contributed by atoms with Gasteiger partial charge in [-0.2, -0.15) is 0 Å². The molecule has 8 nitrogen and oxygen atoms in total. The number of methoxy groups -OCH3 is 2. The Bertz CT molecular complexity index is 1270. The molecule has 3 aromatic carbocycles. The quantitative estimate of drug-likeness (QED) is 0.530. The number of anilines is 1. The van der Waals surface area contributed by atoms with Crippen molar-refractivity contribution < 1.29 is 33.6 Å². The van der Waals surface area contributed by atoms with E-state index in [0.29, 0.717) is 18.1 Å². The summed E-state index contributed by atoms with van der Waals surface area (Å²) in [7, 11) is 2.97. The van der Waals surface area contributed by atoms with E-state index in [1.165, 1.54) is 14.2 Å². The van der Waals surface area contributed by atoms with E-state index >= 15 is 0 Å². The Kier molecular flexibility index (Phi) is 5.09. The second-order valence-corrected chi connectivity index (χ2v) is 8.89. The molecule has 0 saturated carbocycles. The van der Waals surface area contributed by atoms with Crippen LogP contribution in [0.15, 0.2) is 54.6 Å². The lowest BCUT2D eigenvalue weighted by atomic mass is 9.65. The van der Waals surface area contributed by atoms with E-state index in [9.17, 15) is 9.90 Å². The number of ether oxygens (including phenoxy) is 5. The number of rotatable bonds is 5.